The standard InChI is InChI=1S/C20H25NO3S2/c1-3-15(2)21(18-10-11-26(23,24)14-18)20(22)13-25-19-9-8-16-6-4-5-7-17(16)12-19/h4-9,12,15,18H,3,10-11,13-14H2,1-2H3/t15-,18-/m1/s1. The Morgan fingerprint density at radius 1 is 1.23 bits per heavy atom. The maximum absolute atomic E-state index is 12.9. The number of sulfone groups is 1. The monoisotopic (exact) mass is 391 g/mol. The van der Waals surface area contributed by atoms with E-state index in [-0.39, 0.29) is 29.5 Å². The molecule has 2 aromatic carbocycles. The molecule has 26 heavy (non-hydrogen) atoms. The van der Waals surface area contributed by atoms with Crippen molar-refractivity contribution in [3.63, 3.8) is 0 Å². The first-order chi connectivity index (χ1) is 12.4. The molecule has 0 unspecified atom stereocenters. The fraction of sp³-hybridized carbons (Fsp3) is 0.450. The number of carbonyl (C=O) groups is 1. The van der Waals surface area contributed by atoms with Gasteiger partial charge in [0.15, 0.2) is 9.84 Å². The average molecular weight is 392 g/mol. The van der Waals surface area contributed by atoms with Crippen LogP contribution >= 0.6 is 11.8 Å². The second-order valence-corrected chi connectivity index (χ2v) is 10.2. The van der Waals surface area contributed by atoms with Crippen LogP contribution in [0.2, 0.25) is 0 Å². The molecule has 6 heteroatoms. The van der Waals surface area contributed by atoms with Crippen LogP contribution in [0.5, 0.6) is 0 Å². The molecule has 1 aliphatic rings. The van der Waals surface area contributed by atoms with Gasteiger partial charge in [0, 0.05) is 17.0 Å². The van der Waals surface area contributed by atoms with Crippen molar-refractivity contribution in [2.75, 3.05) is 17.3 Å². The van der Waals surface area contributed by atoms with Crippen LogP contribution in [0.25, 0.3) is 10.8 Å². The molecular weight excluding hydrogens is 366 g/mol. The highest BCUT2D eigenvalue weighted by Gasteiger charge is 2.36. The number of nitrogens with zero attached hydrogens (tertiary/aromatic N) is 1. The minimum atomic E-state index is -3.01. The van der Waals surface area contributed by atoms with E-state index >= 15 is 0 Å². The van der Waals surface area contributed by atoms with Crippen LogP contribution < -0.4 is 0 Å². The molecule has 0 bridgehead atoms. The van der Waals surface area contributed by atoms with Gasteiger partial charge in [-0.15, -0.1) is 11.8 Å². The summed E-state index contributed by atoms with van der Waals surface area (Å²) in [5.41, 5.74) is 0. The van der Waals surface area contributed by atoms with Crippen LogP contribution in [-0.2, 0) is 14.6 Å². The van der Waals surface area contributed by atoms with Gasteiger partial charge in [0.05, 0.1) is 17.3 Å². The zero-order chi connectivity index (χ0) is 18.7. The Kier molecular flexibility index (Phi) is 5.92. The van der Waals surface area contributed by atoms with Crippen molar-refractivity contribution >= 4 is 38.3 Å². The highest BCUT2D eigenvalue weighted by atomic mass is 32.2. The summed E-state index contributed by atoms with van der Waals surface area (Å²) in [7, 11) is -3.01. The molecule has 1 fully saturated rings. The highest BCUT2D eigenvalue weighted by Crippen LogP contribution is 2.26. The Hall–Kier alpha value is -1.53. The highest BCUT2D eigenvalue weighted by molar-refractivity contribution is 8.00. The van der Waals surface area contributed by atoms with Gasteiger partial charge in [-0.3, -0.25) is 4.79 Å². The summed E-state index contributed by atoms with van der Waals surface area (Å²) in [5.74, 6) is 0.651. The predicted molar refractivity (Wildman–Crippen MR) is 108 cm³/mol. The first kappa shape index (κ1) is 19.2. The average Bonchev–Trinajstić information content (AvgIpc) is 2.99. The topological polar surface area (TPSA) is 54.5 Å². The fourth-order valence-corrected chi connectivity index (χ4v) is 6.00. The molecule has 3 rings (SSSR count). The van der Waals surface area contributed by atoms with Crippen LogP contribution in [0.1, 0.15) is 26.7 Å². The molecule has 0 saturated carbocycles. The van der Waals surface area contributed by atoms with E-state index in [1.165, 1.54) is 17.1 Å². The van der Waals surface area contributed by atoms with Crippen LogP contribution in [0.4, 0.5) is 0 Å². The molecule has 4 nitrogen and oxygen atoms in total. The third kappa shape index (κ3) is 4.41. The normalized spacial score (nSPS) is 20.2. The molecule has 0 N–H and O–H groups in total. The molecule has 0 radical (unpaired) electrons. The Bertz CT molecular complexity index is 895. The molecule has 1 saturated heterocycles. The summed E-state index contributed by atoms with van der Waals surface area (Å²) in [6.45, 7) is 4.04. The number of hydrogen-bond acceptors (Lipinski definition) is 4. The van der Waals surface area contributed by atoms with Crippen molar-refractivity contribution in [1.82, 2.24) is 4.90 Å². The van der Waals surface area contributed by atoms with Crippen molar-refractivity contribution in [3.05, 3.63) is 42.5 Å². The van der Waals surface area contributed by atoms with E-state index in [2.05, 4.69) is 24.3 Å². The molecule has 2 atom stereocenters. The molecule has 1 heterocycles. The predicted octanol–water partition coefficient (Wildman–Crippen LogP) is 3.75. The van der Waals surface area contributed by atoms with Gasteiger partial charge in [-0.25, -0.2) is 8.42 Å². The van der Waals surface area contributed by atoms with Crippen molar-refractivity contribution in [2.45, 2.75) is 43.7 Å². The van der Waals surface area contributed by atoms with E-state index in [0.29, 0.717) is 12.2 Å². The Labute approximate surface area is 159 Å². The smallest absolute Gasteiger partial charge is 0.233 e. The van der Waals surface area contributed by atoms with Gasteiger partial charge in [-0.1, -0.05) is 37.3 Å². The molecule has 0 aromatic heterocycles. The van der Waals surface area contributed by atoms with E-state index in [1.54, 1.807) is 0 Å². The minimum absolute atomic E-state index is 0.0274. The lowest BCUT2D eigenvalue weighted by Crippen LogP contribution is -2.47. The van der Waals surface area contributed by atoms with E-state index in [1.807, 2.05) is 36.9 Å². The Morgan fingerprint density at radius 3 is 2.62 bits per heavy atom. The van der Waals surface area contributed by atoms with Gasteiger partial charge < -0.3 is 4.90 Å². The molecule has 1 amide bonds. The van der Waals surface area contributed by atoms with Gasteiger partial charge in [-0.2, -0.15) is 0 Å². The van der Waals surface area contributed by atoms with Gasteiger partial charge in [0.2, 0.25) is 5.91 Å². The summed E-state index contributed by atoms with van der Waals surface area (Å²) in [6.07, 6.45) is 1.38. The first-order valence-corrected chi connectivity index (χ1v) is 11.8. The number of amides is 1. The van der Waals surface area contributed by atoms with Crippen LogP contribution in [0.3, 0.4) is 0 Å². The SMILES string of the molecule is CC[C@@H](C)N(C(=O)CSc1ccc2ccccc2c1)[C@@H]1CCS(=O)(=O)C1. The van der Waals surface area contributed by atoms with Crippen molar-refractivity contribution < 1.29 is 13.2 Å². The van der Waals surface area contributed by atoms with Gasteiger partial charge in [-0.05, 0) is 42.7 Å². The zero-order valence-electron chi connectivity index (χ0n) is 15.2. The maximum atomic E-state index is 12.9. The van der Waals surface area contributed by atoms with E-state index < -0.39 is 9.84 Å². The Balaban J connectivity index is 1.70. The molecular formula is C20H25NO3S2. The number of rotatable bonds is 6. The molecule has 0 spiro atoms. The van der Waals surface area contributed by atoms with E-state index in [0.717, 1.165) is 16.7 Å². The molecule has 2 aromatic rings. The number of fused-ring (bicyclic) bond motifs is 1. The van der Waals surface area contributed by atoms with Crippen LogP contribution in [0.15, 0.2) is 47.4 Å². The summed E-state index contributed by atoms with van der Waals surface area (Å²) in [4.78, 5) is 15.8. The molecule has 1 aliphatic heterocycles. The fourth-order valence-electron chi connectivity index (χ4n) is 3.48. The lowest BCUT2D eigenvalue weighted by molar-refractivity contribution is -0.132. The largest absolute Gasteiger partial charge is 0.335 e. The minimum Gasteiger partial charge on any atom is -0.335 e. The second-order valence-electron chi connectivity index (χ2n) is 6.91. The molecule has 0 aliphatic carbocycles. The van der Waals surface area contributed by atoms with Gasteiger partial charge in [0.25, 0.3) is 0 Å². The molecule has 140 valence electrons. The lowest BCUT2D eigenvalue weighted by atomic mass is 10.1. The van der Waals surface area contributed by atoms with Crippen LogP contribution in [-0.4, -0.2) is 48.6 Å². The maximum Gasteiger partial charge on any atom is 0.233 e. The Morgan fingerprint density at radius 2 is 1.96 bits per heavy atom. The van der Waals surface area contributed by atoms with E-state index in [4.69, 9.17) is 0 Å². The summed E-state index contributed by atoms with van der Waals surface area (Å²) < 4.78 is 23.7. The zero-order valence-corrected chi connectivity index (χ0v) is 16.9. The third-order valence-electron chi connectivity index (χ3n) is 5.04. The number of benzene rings is 2. The summed E-state index contributed by atoms with van der Waals surface area (Å²) in [6, 6.07) is 14.2. The summed E-state index contributed by atoms with van der Waals surface area (Å²) >= 11 is 1.52. The second kappa shape index (κ2) is 8.01. The quantitative estimate of drug-likeness (QED) is 0.704. The third-order valence-corrected chi connectivity index (χ3v) is 7.77. The number of carbonyl (C=O) groups excluding carboxylic acids is 1. The lowest BCUT2D eigenvalue weighted by Gasteiger charge is -2.33. The van der Waals surface area contributed by atoms with Crippen molar-refractivity contribution in [2.24, 2.45) is 0 Å². The van der Waals surface area contributed by atoms with Gasteiger partial charge >= 0.3 is 0 Å². The summed E-state index contributed by atoms with van der Waals surface area (Å²) in [5, 5.41) is 2.34. The van der Waals surface area contributed by atoms with E-state index in [9.17, 15) is 13.2 Å². The van der Waals surface area contributed by atoms with Crippen LogP contribution in [0, 0.1) is 0 Å². The van der Waals surface area contributed by atoms with Crippen molar-refractivity contribution in [3.8, 4) is 0 Å². The number of hydrogen-bond donors (Lipinski definition) is 0. The van der Waals surface area contributed by atoms with Crippen molar-refractivity contribution in [1.29, 1.82) is 0 Å². The van der Waals surface area contributed by atoms with Gasteiger partial charge in [0.1, 0.15) is 0 Å². The number of thioether (sulfide) groups is 1. The first-order valence-electron chi connectivity index (χ1n) is 9.03.